The molecule has 0 amide bonds. The van der Waals surface area contributed by atoms with Crippen LogP contribution in [0.5, 0.6) is 0 Å². The Hall–Kier alpha value is -2.01. The first-order valence-electron chi connectivity index (χ1n) is 8.49. The molecule has 140 valence electrons. The number of nitrogens with zero attached hydrogens (tertiary/aromatic N) is 3. The van der Waals surface area contributed by atoms with Gasteiger partial charge in [-0.25, -0.2) is 9.13 Å². The molecule has 1 aliphatic heterocycles. The summed E-state index contributed by atoms with van der Waals surface area (Å²) in [4.78, 5) is 4.15. The van der Waals surface area contributed by atoms with Crippen molar-refractivity contribution < 1.29 is 9.67 Å². The number of rotatable bonds is 4. The number of aliphatic imine (C=N–C) groups is 1. The molecule has 0 N–H and O–H groups in total. The lowest BCUT2D eigenvalue weighted by molar-refractivity contribution is -0.693. The minimum atomic E-state index is -0.215. The maximum absolute atomic E-state index is 12.5. The molecule has 3 aromatic rings. The lowest BCUT2D eigenvalue weighted by Crippen LogP contribution is -2.43. The van der Waals surface area contributed by atoms with E-state index in [0.29, 0.717) is 15.7 Å². The van der Waals surface area contributed by atoms with Crippen LogP contribution in [0.15, 0.2) is 59.7 Å². The fraction of sp³-hybridized carbons (Fsp3) is 0.200. The topological polar surface area (TPSA) is 44.2 Å². The summed E-state index contributed by atoms with van der Waals surface area (Å²) >= 11 is 11.9. The summed E-state index contributed by atoms with van der Waals surface area (Å²) in [5.41, 5.74) is 2.81. The minimum absolute atomic E-state index is 0. The molecule has 0 atom stereocenters. The number of fused-ring (bicyclic) bond motifs is 1. The molecule has 0 saturated heterocycles. The Bertz CT molecular complexity index is 984. The van der Waals surface area contributed by atoms with Crippen molar-refractivity contribution in [3.8, 4) is 11.3 Å². The van der Waals surface area contributed by atoms with E-state index < -0.39 is 0 Å². The van der Waals surface area contributed by atoms with Crippen LogP contribution in [0.2, 0.25) is 10.0 Å². The van der Waals surface area contributed by atoms with Crippen LogP contribution in [0.1, 0.15) is 12.2 Å². The SMILES string of the molecule is Cl.[O-]C(C[n+]1cc(-c2ccccc2)n2c1CCC2)=Nc1ccc(Cl)c(Cl)c1. The summed E-state index contributed by atoms with van der Waals surface area (Å²) in [6, 6.07) is 15.2. The van der Waals surface area contributed by atoms with E-state index in [4.69, 9.17) is 23.2 Å². The Morgan fingerprint density at radius 1 is 1.11 bits per heavy atom. The van der Waals surface area contributed by atoms with Gasteiger partial charge in [-0.1, -0.05) is 53.5 Å². The van der Waals surface area contributed by atoms with Gasteiger partial charge in [-0.3, -0.25) is 4.99 Å². The Labute approximate surface area is 174 Å². The normalized spacial score (nSPS) is 13.3. The highest BCUT2D eigenvalue weighted by Gasteiger charge is 2.28. The van der Waals surface area contributed by atoms with Crippen molar-refractivity contribution in [3.63, 3.8) is 0 Å². The number of halogens is 3. The van der Waals surface area contributed by atoms with Crippen molar-refractivity contribution in [2.24, 2.45) is 4.99 Å². The summed E-state index contributed by atoms with van der Waals surface area (Å²) < 4.78 is 4.31. The zero-order valence-corrected chi connectivity index (χ0v) is 16.8. The van der Waals surface area contributed by atoms with Crippen molar-refractivity contribution in [1.82, 2.24) is 4.57 Å². The molecular formula is C20H18Cl3N3O. The van der Waals surface area contributed by atoms with E-state index in [-0.39, 0.29) is 24.8 Å². The van der Waals surface area contributed by atoms with Gasteiger partial charge < -0.3 is 5.11 Å². The standard InChI is InChI=1S/C20H17Cl2N3O.ClH/c21-16-9-8-15(11-17(16)22)23-19(26)13-24-12-18(14-5-2-1-3-6-14)25-10-4-7-20(24)25;/h1-3,5-6,8-9,11-12H,4,7,10,13H2;1H. The quantitative estimate of drug-likeness (QED) is 0.353. The van der Waals surface area contributed by atoms with Gasteiger partial charge in [-0.15, -0.1) is 12.4 Å². The van der Waals surface area contributed by atoms with E-state index in [1.165, 1.54) is 5.82 Å². The lowest BCUT2D eigenvalue weighted by atomic mass is 10.2. The molecule has 4 nitrogen and oxygen atoms in total. The van der Waals surface area contributed by atoms with Gasteiger partial charge in [-0.05, 0) is 24.6 Å². The number of hydrogen-bond acceptors (Lipinski definition) is 2. The van der Waals surface area contributed by atoms with Gasteiger partial charge in [0.2, 0.25) is 0 Å². The number of aromatic nitrogens is 2. The maximum atomic E-state index is 12.5. The summed E-state index contributed by atoms with van der Waals surface area (Å²) in [7, 11) is 0. The predicted octanol–water partition coefficient (Wildman–Crippen LogP) is 4.21. The van der Waals surface area contributed by atoms with Gasteiger partial charge in [-0.2, -0.15) is 0 Å². The third-order valence-corrected chi connectivity index (χ3v) is 5.27. The fourth-order valence-electron chi connectivity index (χ4n) is 3.37. The zero-order chi connectivity index (χ0) is 18.1. The van der Waals surface area contributed by atoms with E-state index >= 15 is 0 Å². The Morgan fingerprint density at radius 2 is 1.89 bits per heavy atom. The van der Waals surface area contributed by atoms with Crippen molar-refractivity contribution >= 4 is 47.2 Å². The van der Waals surface area contributed by atoms with Gasteiger partial charge in [0.05, 0.1) is 28.7 Å². The van der Waals surface area contributed by atoms with Gasteiger partial charge in [0.25, 0.3) is 5.82 Å². The largest absolute Gasteiger partial charge is 0.859 e. The van der Waals surface area contributed by atoms with Crippen LogP contribution in [0.4, 0.5) is 5.69 Å². The molecule has 27 heavy (non-hydrogen) atoms. The molecule has 4 rings (SSSR count). The Kier molecular flexibility index (Phi) is 6.10. The van der Waals surface area contributed by atoms with Gasteiger partial charge >= 0.3 is 0 Å². The highest BCUT2D eigenvalue weighted by molar-refractivity contribution is 6.42. The lowest BCUT2D eigenvalue weighted by Gasteiger charge is -2.09. The summed E-state index contributed by atoms with van der Waals surface area (Å²) in [5, 5.41) is 13.3. The molecule has 0 saturated carbocycles. The average molecular weight is 423 g/mol. The highest BCUT2D eigenvalue weighted by Crippen LogP contribution is 2.27. The monoisotopic (exact) mass is 421 g/mol. The molecule has 1 aromatic heterocycles. The molecule has 0 radical (unpaired) electrons. The maximum Gasteiger partial charge on any atom is 0.257 e. The van der Waals surface area contributed by atoms with Crippen molar-refractivity contribution in [3.05, 3.63) is 70.6 Å². The number of imidazole rings is 1. The minimum Gasteiger partial charge on any atom is -0.859 e. The Morgan fingerprint density at radius 3 is 2.63 bits per heavy atom. The molecular weight excluding hydrogens is 405 g/mol. The van der Waals surface area contributed by atoms with Crippen LogP contribution < -0.4 is 9.67 Å². The average Bonchev–Trinajstić information content (AvgIpc) is 3.23. The van der Waals surface area contributed by atoms with Crippen molar-refractivity contribution in [2.75, 3.05) is 0 Å². The van der Waals surface area contributed by atoms with E-state index in [1.807, 2.05) is 29.0 Å². The van der Waals surface area contributed by atoms with Crippen LogP contribution in [0.25, 0.3) is 11.3 Å². The summed E-state index contributed by atoms with van der Waals surface area (Å²) in [6.07, 6.45) is 4.10. The second kappa shape index (κ2) is 8.34. The van der Waals surface area contributed by atoms with Crippen LogP contribution >= 0.6 is 35.6 Å². The molecule has 2 heterocycles. The fourth-order valence-corrected chi connectivity index (χ4v) is 3.66. The zero-order valence-electron chi connectivity index (χ0n) is 14.4. The first-order chi connectivity index (χ1) is 12.6. The first-order valence-corrected chi connectivity index (χ1v) is 9.24. The van der Waals surface area contributed by atoms with Crippen LogP contribution in [0, 0.1) is 0 Å². The van der Waals surface area contributed by atoms with Gasteiger partial charge in [0.15, 0.2) is 5.69 Å². The second-order valence-corrected chi connectivity index (χ2v) is 7.10. The molecule has 2 aromatic carbocycles. The van der Waals surface area contributed by atoms with Crippen LogP contribution in [0.3, 0.4) is 0 Å². The third kappa shape index (κ3) is 4.13. The van der Waals surface area contributed by atoms with E-state index in [1.54, 1.807) is 18.2 Å². The smallest absolute Gasteiger partial charge is 0.257 e. The molecule has 0 fully saturated rings. The summed E-state index contributed by atoms with van der Waals surface area (Å²) in [5.74, 6) is 0.954. The molecule has 1 aliphatic rings. The third-order valence-electron chi connectivity index (χ3n) is 4.53. The highest BCUT2D eigenvalue weighted by atomic mass is 35.5. The summed E-state index contributed by atoms with van der Waals surface area (Å²) in [6.45, 7) is 1.19. The second-order valence-electron chi connectivity index (χ2n) is 6.28. The molecule has 7 heteroatoms. The van der Waals surface area contributed by atoms with Gasteiger partial charge in [0, 0.05) is 11.5 Å². The number of benzene rings is 2. The van der Waals surface area contributed by atoms with E-state index in [2.05, 4.69) is 21.7 Å². The van der Waals surface area contributed by atoms with Crippen LogP contribution in [-0.4, -0.2) is 10.5 Å². The first kappa shape index (κ1) is 19.7. The van der Waals surface area contributed by atoms with E-state index in [9.17, 15) is 5.11 Å². The predicted molar refractivity (Wildman–Crippen MR) is 109 cm³/mol. The number of hydrogen-bond donors (Lipinski definition) is 0. The molecule has 0 aliphatic carbocycles. The molecule has 0 bridgehead atoms. The van der Waals surface area contributed by atoms with Gasteiger partial charge in [0.1, 0.15) is 12.7 Å². The van der Waals surface area contributed by atoms with Crippen LogP contribution in [-0.2, 0) is 19.5 Å². The Balaban J connectivity index is 0.00000210. The van der Waals surface area contributed by atoms with Crippen molar-refractivity contribution in [1.29, 1.82) is 0 Å². The van der Waals surface area contributed by atoms with E-state index in [0.717, 1.165) is 30.6 Å². The molecule has 0 unspecified atom stereocenters. The van der Waals surface area contributed by atoms with Crippen molar-refractivity contribution in [2.45, 2.75) is 25.9 Å². The molecule has 0 spiro atoms.